The normalized spacial score (nSPS) is 15.1. The number of nitrogens with one attached hydrogen (secondary N) is 2. The van der Waals surface area contributed by atoms with E-state index in [2.05, 4.69) is 32.7 Å². The molecule has 0 unspecified atom stereocenters. The average Bonchev–Trinajstić information content (AvgIpc) is 3.52. The molecule has 0 spiro atoms. The van der Waals surface area contributed by atoms with Gasteiger partial charge in [0.2, 0.25) is 5.91 Å². The number of carbonyl (C=O) groups is 2. The van der Waals surface area contributed by atoms with Crippen molar-refractivity contribution in [3.05, 3.63) is 71.1 Å². The number of amides is 2. The Morgan fingerprint density at radius 1 is 1.13 bits per heavy atom. The number of furan rings is 1. The van der Waals surface area contributed by atoms with Crippen LogP contribution in [0.15, 0.2) is 58.5 Å². The Balaban J connectivity index is 1.31. The molecule has 0 bridgehead atoms. The minimum atomic E-state index is -0.360. The molecule has 2 amide bonds. The van der Waals surface area contributed by atoms with E-state index < -0.39 is 0 Å². The Kier molecular flexibility index (Phi) is 6.56. The van der Waals surface area contributed by atoms with Crippen LogP contribution in [-0.4, -0.2) is 41.3 Å². The predicted molar refractivity (Wildman–Crippen MR) is 115 cm³/mol. The van der Waals surface area contributed by atoms with E-state index in [1.54, 1.807) is 17.5 Å². The maximum absolute atomic E-state index is 12.5. The first-order chi connectivity index (χ1) is 14.7. The van der Waals surface area contributed by atoms with Gasteiger partial charge in [0, 0.05) is 11.9 Å². The second-order valence-corrected chi connectivity index (χ2v) is 8.08. The van der Waals surface area contributed by atoms with Gasteiger partial charge in [0.25, 0.3) is 5.91 Å². The van der Waals surface area contributed by atoms with Crippen LogP contribution < -0.4 is 10.6 Å². The van der Waals surface area contributed by atoms with E-state index in [9.17, 15) is 9.59 Å². The van der Waals surface area contributed by atoms with Gasteiger partial charge in [-0.15, -0.1) is 11.3 Å². The van der Waals surface area contributed by atoms with Gasteiger partial charge in [-0.1, -0.05) is 30.3 Å². The summed E-state index contributed by atoms with van der Waals surface area (Å²) in [5, 5.41) is 7.97. The lowest BCUT2D eigenvalue weighted by Crippen LogP contribution is -2.37. The number of aromatic nitrogens is 1. The van der Waals surface area contributed by atoms with Crippen LogP contribution in [0.2, 0.25) is 0 Å². The van der Waals surface area contributed by atoms with Gasteiger partial charge in [-0.3, -0.25) is 19.8 Å². The number of thiazole rings is 1. The van der Waals surface area contributed by atoms with Crippen molar-refractivity contribution in [1.29, 1.82) is 0 Å². The lowest BCUT2D eigenvalue weighted by molar-refractivity contribution is -0.120. The molecular formula is C22H24N4O3S. The molecule has 1 aromatic carbocycles. The smallest absolute Gasteiger partial charge is 0.293 e. The van der Waals surface area contributed by atoms with Gasteiger partial charge >= 0.3 is 0 Å². The maximum atomic E-state index is 12.5. The van der Waals surface area contributed by atoms with Crippen molar-refractivity contribution in [2.75, 3.05) is 25.0 Å². The molecule has 0 radical (unpaired) electrons. The molecule has 2 N–H and O–H groups in total. The third-order valence-electron chi connectivity index (χ3n) is 5.12. The van der Waals surface area contributed by atoms with Crippen LogP contribution in [0.1, 0.15) is 40.7 Å². The van der Waals surface area contributed by atoms with E-state index in [0.29, 0.717) is 17.4 Å². The van der Waals surface area contributed by atoms with Crippen LogP contribution in [0.3, 0.4) is 0 Å². The number of carbonyl (C=O) groups excluding carboxylic acids is 2. The summed E-state index contributed by atoms with van der Waals surface area (Å²) < 4.78 is 5.07. The molecule has 3 aromatic rings. The first kappa shape index (κ1) is 20.3. The number of hydrogen-bond donors (Lipinski definition) is 2. The first-order valence-electron chi connectivity index (χ1n) is 10.0. The van der Waals surface area contributed by atoms with Crippen molar-refractivity contribution in [2.24, 2.45) is 0 Å². The van der Waals surface area contributed by atoms with Crippen molar-refractivity contribution in [3.63, 3.8) is 0 Å². The van der Waals surface area contributed by atoms with Gasteiger partial charge in [-0.25, -0.2) is 4.98 Å². The molecule has 0 saturated carbocycles. The molecule has 1 saturated heterocycles. The highest BCUT2D eigenvalue weighted by Gasteiger charge is 2.24. The van der Waals surface area contributed by atoms with Crippen LogP contribution in [0, 0.1) is 0 Å². The topological polar surface area (TPSA) is 87.5 Å². The van der Waals surface area contributed by atoms with E-state index in [-0.39, 0.29) is 30.0 Å². The van der Waals surface area contributed by atoms with E-state index in [4.69, 9.17) is 4.42 Å². The molecule has 156 valence electrons. The summed E-state index contributed by atoms with van der Waals surface area (Å²) in [4.78, 5) is 31.3. The predicted octanol–water partition coefficient (Wildman–Crippen LogP) is 3.48. The number of hydrogen-bond acceptors (Lipinski definition) is 6. The van der Waals surface area contributed by atoms with E-state index >= 15 is 0 Å². The monoisotopic (exact) mass is 424 g/mol. The minimum absolute atomic E-state index is 0.0793. The first-order valence-corrected chi connectivity index (χ1v) is 10.9. The number of benzene rings is 1. The third-order valence-corrected chi connectivity index (χ3v) is 5.92. The van der Waals surface area contributed by atoms with Crippen molar-refractivity contribution >= 4 is 28.3 Å². The Labute approximate surface area is 179 Å². The Morgan fingerprint density at radius 2 is 1.93 bits per heavy atom. The van der Waals surface area contributed by atoms with Gasteiger partial charge in [0.1, 0.15) is 0 Å². The second-order valence-electron chi connectivity index (χ2n) is 7.23. The number of rotatable bonds is 8. The highest BCUT2D eigenvalue weighted by molar-refractivity contribution is 7.14. The van der Waals surface area contributed by atoms with Crippen molar-refractivity contribution in [1.82, 2.24) is 15.2 Å². The van der Waals surface area contributed by atoms with Crippen LogP contribution >= 0.6 is 11.3 Å². The van der Waals surface area contributed by atoms with Crippen LogP contribution in [0.25, 0.3) is 0 Å². The lowest BCUT2D eigenvalue weighted by Gasteiger charge is -2.28. The summed E-state index contributed by atoms with van der Waals surface area (Å²) in [5.74, 6) is -0.218. The van der Waals surface area contributed by atoms with Crippen LogP contribution in [0.4, 0.5) is 5.13 Å². The molecule has 2 aromatic heterocycles. The van der Waals surface area contributed by atoms with Gasteiger partial charge in [0.15, 0.2) is 10.9 Å². The van der Waals surface area contributed by atoms with Gasteiger partial charge < -0.3 is 9.73 Å². The van der Waals surface area contributed by atoms with Gasteiger partial charge in [-0.2, -0.15) is 0 Å². The molecule has 1 aliphatic rings. The van der Waals surface area contributed by atoms with Crippen molar-refractivity contribution in [3.8, 4) is 0 Å². The molecule has 1 aliphatic heterocycles. The molecule has 1 atom stereocenters. The fourth-order valence-corrected chi connectivity index (χ4v) is 4.34. The second kappa shape index (κ2) is 9.69. The molecule has 8 heteroatoms. The standard InChI is InChI=1S/C22H24N4O3S/c27-20(13-17-15-30-22(24-17)25-21(28)19-9-6-12-29-19)23-14-18(26-10-4-5-11-26)16-7-2-1-3-8-16/h1-3,6-9,12,15,18H,4-5,10-11,13-14H2,(H,23,27)(H,24,25,28)/t18-/m1/s1. The third kappa shape index (κ3) is 5.14. The van der Waals surface area contributed by atoms with E-state index in [1.807, 2.05) is 18.2 Å². The zero-order chi connectivity index (χ0) is 20.8. The summed E-state index contributed by atoms with van der Waals surface area (Å²) in [7, 11) is 0. The SMILES string of the molecule is O=C(Cc1csc(NC(=O)c2ccco2)n1)NC[C@H](c1ccccc1)N1CCCC1. The fraction of sp³-hybridized carbons (Fsp3) is 0.318. The number of nitrogens with zero attached hydrogens (tertiary/aromatic N) is 2. The summed E-state index contributed by atoms with van der Waals surface area (Å²) in [6.45, 7) is 2.68. The highest BCUT2D eigenvalue weighted by Crippen LogP contribution is 2.24. The molecule has 3 heterocycles. The van der Waals surface area contributed by atoms with Crippen molar-refractivity contribution < 1.29 is 14.0 Å². The molecule has 7 nitrogen and oxygen atoms in total. The molecule has 1 fully saturated rings. The highest BCUT2D eigenvalue weighted by atomic mass is 32.1. The molecule has 0 aliphatic carbocycles. The zero-order valence-electron chi connectivity index (χ0n) is 16.5. The summed E-state index contributed by atoms with van der Waals surface area (Å²) in [6.07, 6.45) is 4.01. The molecule has 30 heavy (non-hydrogen) atoms. The Morgan fingerprint density at radius 3 is 2.67 bits per heavy atom. The quantitative estimate of drug-likeness (QED) is 0.578. The molecule has 4 rings (SSSR count). The van der Waals surface area contributed by atoms with Gasteiger partial charge in [0.05, 0.1) is 24.4 Å². The summed E-state index contributed by atoms with van der Waals surface area (Å²) in [6, 6.07) is 13.7. The van der Waals surface area contributed by atoms with Crippen LogP contribution in [-0.2, 0) is 11.2 Å². The zero-order valence-corrected chi connectivity index (χ0v) is 17.4. The maximum Gasteiger partial charge on any atom is 0.293 e. The van der Waals surface area contributed by atoms with Crippen LogP contribution in [0.5, 0.6) is 0 Å². The van der Waals surface area contributed by atoms with Gasteiger partial charge in [-0.05, 0) is 43.6 Å². The average molecular weight is 425 g/mol. The Bertz CT molecular complexity index is 965. The lowest BCUT2D eigenvalue weighted by atomic mass is 10.1. The fourth-order valence-electron chi connectivity index (χ4n) is 3.64. The minimum Gasteiger partial charge on any atom is -0.459 e. The number of anilines is 1. The van der Waals surface area contributed by atoms with E-state index in [1.165, 1.54) is 36.0 Å². The molecular weight excluding hydrogens is 400 g/mol. The summed E-state index contributed by atoms with van der Waals surface area (Å²) >= 11 is 1.29. The number of likely N-dealkylation sites (tertiary alicyclic amines) is 1. The summed E-state index contributed by atoms with van der Waals surface area (Å²) in [5.41, 5.74) is 1.85. The van der Waals surface area contributed by atoms with E-state index in [0.717, 1.165) is 13.1 Å². The largest absolute Gasteiger partial charge is 0.459 e. The van der Waals surface area contributed by atoms with Crippen molar-refractivity contribution in [2.45, 2.75) is 25.3 Å². The Hall–Kier alpha value is -2.97.